The smallest absolute Gasteiger partial charge is 0.305 e. The molecular formula is C26H31Cl2N3O5S. The number of para-hydroxylation sites is 1. The average Bonchev–Trinajstić information content (AvgIpc) is 3.24. The summed E-state index contributed by atoms with van der Waals surface area (Å²) >= 11 is 0.929. The summed E-state index contributed by atoms with van der Waals surface area (Å²) in [6, 6.07) is 19.1. The Bertz CT molecular complexity index is 1360. The number of rotatable bonds is 11. The number of thiazole rings is 1. The van der Waals surface area contributed by atoms with E-state index in [0.29, 0.717) is 41.8 Å². The van der Waals surface area contributed by atoms with E-state index in [-0.39, 0.29) is 41.9 Å². The number of phenols is 1. The zero-order chi connectivity index (χ0) is 24.8. The Morgan fingerprint density at radius 1 is 0.973 bits per heavy atom. The fourth-order valence-electron chi connectivity index (χ4n) is 4.03. The van der Waals surface area contributed by atoms with Gasteiger partial charge in [-0.1, -0.05) is 59.9 Å². The van der Waals surface area contributed by atoms with E-state index < -0.39 is 5.91 Å². The minimum absolute atomic E-state index is 0. The Labute approximate surface area is 231 Å². The molecule has 8 nitrogen and oxygen atoms in total. The monoisotopic (exact) mass is 567 g/mol. The van der Waals surface area contributed by atoms with Crippen LogP contribution in [0.2, 0.25) is 0 Å². The maximum Gasteiger partial charge on any atom is 0.305 e. The van der Waals surface area contributed by atoms with E-state index in [1.54, 1.807) is 13.2 Å². The minimum atomic E-state index is -2.16. The van der Waals surface area contributed by atoms with Gasteiger partial charge in [0.15, 0.2) is 0 Å². The number of phenolic OH excluding ortho intramolecular Hbond substituents is 1. The molecule has 1 heterocycles. The van der Waals surface area contributed by atoms with Gasteiger partial charge in [0.05, 0.1) is 11.8 Å². The van der Waals surface area contributed by atoms with E-state index in [1.807, 2.05) is 42.5 Å². The Kier molecular flexibility index (Phi) is 11.4. The first-order valence-electron chi connectivity index (χ1n) is 11.3. The number of nitrogens with one attached hydrogen (secondary N) is 3. The van der Waals surface area contributed by atoms with Gasteiger partial charge >= 0.3 is 4.87 Å². The standard InChI is InChI=1S/C26H29N3O5S.2ClH/c1-34-22-8-3-2-7-20(22)16-27-15-18-6-4-5-17(13-18)11-12-28-26(32,33)14-19-9-10-21(30)23-24(19)35-25(31)29-23;;/h2-10,13,27-28,30,32-33H,11-12,14-16H2,1H3,(H,29,31);2*1H. The molecule has 0 bridgehead atoms. The van der Waals surface area contributed by atoms with Crippen molar-refractivity contribution in [1.82, 2.24) is 15.6 Å². The SMILES string of the molecule is COc1ccccc1CNCc1cccc(CCNC(O)(O)Cc2ccc(O)c3[nH]c(=O)sc23)c1.Cl.Cl. The van der Waals surface area contributed by atoms with Crippen LogP contribution in [0.4, 0.5) is 0 Å². The lowest BCUT2D eigenvalue weighted by molar-refractivity contribution is -0.183. The molecule has 11 heteroatoms. The normalized spacial score (nSPS) is 11.1. The lowest BCUT2D eigenvalue weighted by Crippen LogP contribution is -2.47. The molecule has 4 aromatic rings. The second-order valence-corrected chi connectivity index (χ2v) is 9.35. The lowest BCUT2D eigenvalue weighted by atomic mass is 10.1. The van der Waals surface area contributed by atoms with Crippen molar-refractivity contribution in [2.24, 2.45) is 0 Å². The number of hydrogen-bond donors (Lipinski definition) is 6. The molecule has 0 saturated carbocycles. The number of benzene rings is 3. The van der Waals surface area contributed by atoms with Crippen LogP contribution >= 0.6 is 36.2 Å². The van der Waals surface area contributed by atoms with Gasteiger partial charge in [-0.05, 0) is 35.2 Å². The molecule has 37 heavy (non-hydrogen) atoms. The van der Waals surface area contributed by atoms with Crippen molar-refractivity contribution in [3.63, 3.8) is 0 Å². The van der Waals surface area contributed by atoms with Crippen LogP contribution in [0.25, 0.3) is 10.2 Å². The van der Waals surface area contributed by atoms with Crippen LogP contribution in [0.1, 0.15) is 22.3 Å². The van der Waals surface area contributed by atoms with Crippen LogP contribution in [0.5, 0.6) is 11.5 Å². The summed E-state index contributed by atoms with van der Waals surface area (Å²) in [6.07, 6.45) is 0.468. The number of aliphatic hydroxyl groups is 2. The number of aromatic nitrogens is 1. The molecule has 1 aromatic heterocycles. The van der Waals surface area contributed by atoms with Crippen LogP contribution in [0, 0.1) is 0 Å². The van der Waals surface area contributed by atoms with Crippen LogP contribution in [-0.4, -0.2) is 39.9 Å². The largest absolute Gasteiger partial charge is 0.506 e. The third kappa shape index (κ3) is 8.18. The van der Waals surface area contributed by atoms with Gasteiger partial charge in [0, 0.05) is 31.6 Å². The quantitative estimate of drug-likeness (QED) is 0.153. The van der Waals surface area contributed by atoms with Crippen LogP contribution in [0.3, 0.4) is 0 Å². The number of halogens is 2. The number of aromatic amines is 1. The second-order valence-electron chi connectivity index (χ2n) is 8.37. The summed E-state index contributed by atoms with van der Waals surface area (Å²) < 4.78 is 5.90. The maximum absolute atomic E-state index is 11.7. The van der Waals surface area contributed by atoms with Gasteiger partial charge in [0.25, 0.3) is 0 Å². The highest BCUT2D eigenvalue weighted by atomic mass is 35.5. The second kappa shape index (κ2) is 13.8. The van der Waals surface area contributed by atoms with E-state index in [9.17, 15) is 20.1 Å². The molecule has 0 aliphatic carbocycles. The van der Waals surface area contributed by atoms with Crippen molar-refractivity contribution in [2.45, 2.75) is 31.8 Å². The molecular weight excluding hydrogens is 537 g/mol. The summed E-state index contributed by atoms with van der Waals surface area (Å²) in [4.78, 5) is 13.9. The number of ether oxygens (including phenoxy) is 1. The van der Waals surface area contributed by atoms with Gasteiger partial charge in [-0.15, -0.1) is 24.8 Å². The predicted molar refractivity (Wildman–Crippen MR) is 151 cm³/mol. The molecule has 200 valence electrons. The number of fused-ring (bicyclic) bond motifs is 1. The van der Waals surface area contributed by atoms with Gasteiger partial charge in [0.2, 0.25) is 5.91 Å². The Hall–Kier alpha value is -2.63. The first kappa shape index (κ1) is 30.6. The van der Waals surface area contributed by atoms with Crippen molar-refractivity contribution in [3.8, 4) is 11.5 Å². The van der Waals surface area contributed by atoms with Crippen LogP contribution < -0.4 is 20.2 Å². The number of hydrogen-bond acceptors (Lipinski definition) is 8. The molecule has 0 saturated heterocycles. The molecule has 0 aliphatic heterocycles. The van der Waals surface area contributed by atoms with E-state index in [1.165, 1.54) is 6.07 Å². The van der Waals surface area contributed by atoms with Gasteiger partial charge in [0.1, 0.15) is 17.0 Å². The summed E-state index contributed by atoms with van der Waals surface area (Å²) in [7, 11) is 1.66. The Morgan fingerprint density at radius 3 is 2.51 bits per heavy atom. The van der Waals surface area contributed by atoms with Crippen molar-refractivity contribution < 1.29 is 20.1 Å². The van der Waals surface area contributed by atoms with Crippen LogP contribution in [0.15, 0.2) is 65.5 Å². The van der Waals surface area contributed by atoms with E-state index in [0.717, 1.165) is 33.8 Å². The molecule has 0 aliphatic rings. The summed E-state index contributed by atoms with van der Waals surface area (Å²) in [6.45, 7) is 1.73. The van der Waals surface area contributed by atoms with E-state index in [2.05, 4.69) is 21.7 Å². The molecule has 4 rings (SSSR count). The molecule has 0 spiro atoms. The molecule has 3 aromatic carbocycles. The molecule has 0 unspecified atom stereocenters. The first-order chi connectivity index (χ1) is 16.8. The van der Waals surface area contributed by atoms with Gasteiger partial charge in [-0.2, -0.15) is 0 Å². The summed E-state index contributed by atoms with van der Waals surface area (Å²) in [5, 5.41) is 37.1. The number of aromatic hydroxyl groups is 1. The highest BCUT2D eigenvalue weighted by molar-refractivity contribution is 7.16. The highest BCUT2D eigenvalue weighted by Gasteiger charge is 2.25. The Balaban J connectivity index is 0.00000241. The summed E-state index contributed by atoms with van der Waals surface area (Å²) in [5.41, 5.74) is 4.16. The molecule has 0 amide bonds. The fraction of sp³-hybridized carbons (Fsp3) is 0.269. The van der Waals surface area contributed by atoms with E-state index >= 15 is 0 Å². The van der Waals surface area contributed by atoms with Crippen molar-refractivity contribution in [1.29, 1.82) is 0 Å². The van der Waals surface area contributed by atoms with Crippen LogP contribution in [-0.2, 0) is 25.9 Å². The van der Waals surface area contributed by atoms with Crippen molar-refractivity contribution >= 4 is 46.4 Å². The fourth-order valence-corrected chi connectivity index (χ4v) is 4.90. The number of methoxy groups -OCH3 is 1. The predicted octanol–water partition coefficient (Wildman–Crippen LogP) is 3.45. The highest BCUT2D eigenvalue weighted by Crippen LogP contribution is 2.29. The van der Waals surface area contributed by atoms with Crippen molar-refractivity contribution in [3.05, 3.63) is 92.6 Å². The van der Waals surface area contributed by atoms with Crippen molar-refractivity contribution in [2.75, 3.05) is 13.7 Å². The topological polar surface area (TPSA) is 127 Å². The average molecular weight is 569 g/mol. The van der Waals surface area contributed by atoms with Gasteiger partial charge < -0.3 is 30.4 Å². The zero-order valence-corrected chi connectivity index (χ0v) is 22.6. The summed E-state index contributed by atoms with van der Waals surface area (Å²) in [5.74, 6) is -1.35. The molecule has 6 N–H and O–H groups in total. The maximum atomic E-state index is 11.7. The lowest BCUT2D eigenvalue weighted by Gasteiger charge is -2.23. The van der Waals surface area contributed by atoms with E-state index in [4.69, 9.17) is 4.74 Å². The molecule has 0 radical (unpaired) electrons. The first-order valence-corrected chi connectivity index (χ1v) is 12.1. The number of H-pyrrole nitrogens is 1. The third-order valence-electron chi connectivity index (χ3n) is 5.73. The third-order valence-corrected chi connectivity index (χ3v) is 6.68. The molecule has 0 fully saturated rings. The molecule has 0 atom stereocenters. The zero-order valence-electron chi connectivity index (χ0n) is 20.2. The van der Waals surface area contributed by atoms with Gasteiger partial charge in [-0.25, -0.2) is 0 Å². The van der Waals surface area contributed by atoms with Gasteiger partial charge in [-0.3, -0.25) is 10.1 Å². The minimum Gasteiger partial charge on any atom is -0.506 e. The Morgan fingerprint density at radius 2 is 1.73 bits per heavy atom.